The fourth-order valence-corrected chi connectivity index (χ4v) is 10.2. The van der Waals surface area contributed by atoms with Crippen molar-refractivity contribution in [3.63, 3.8) is 0 Å². The summed E-state index contributed by atoms with van der Waals surface area (Å²) >= 11 is 0. The Labute approximate surface area is 394 Å². The molecule has 6 atom stereocenters. The average Bonchev–Trinajstić information content (AvgIpc) is 3.82. The Kier molecular flexibility index (Phi) is 15.6. The number of aliphatic hydroxyl groups is 2. The molecule has 0 radical (unpaired) electrons. The number of rotatable bonds is 22. The van der Waals surface area contributed by atoms with Crippen LogP contribution in [0.25, 0.3) is 0 Å². The third-order valence-electron chi connectivity index (χ3n) is 13.2. The van der Waals surface area contributed by atoms with Gasteiger partial charge in [0, 0.05) is 55.4 Å². The Balaban J connectivity index is 1.31. The lowest BCUT2D eigenvalue weighted by atomic mass is 9.55. The van der Waals surface area contributed by atoms with Gasteiger partial charge in [0.1, 0.15) is 36.6 Å². The van der Waals surface area contributed by atoms with E-state index in [1.807, 2.05) is 24.3 Å². The van der Waals surface area contributed by atoms with Crippen molar-refractivity contribution in [3.8, 4) is 23.0 Å². The number of amides is 1. The minimum atomic E-state index is -1.58. The van der Waals surface area contributed by atoms with E-state index in [4.69, 9.17) is 38.4 Å². The minimum absolute atomic E-state index is 0.00379. The molecule has 360 valence electrons. The number of benzene rings is 4. The van der Waals surface area contributed by atoms with Gasteiger partial charge < -0.3 is 43.5 Å². The molecule has 1 amide bonds. The molecule has 68 heavy (non-hydrogen) atoms. The van der Waals surface area contributed by atoms with Gasteiger partial charge in [-0.3, -0.25) is 15.0 Å². The molecule has 4 aliphatic rings. The first-order valence-electron chi connectivity index (χ1n) is 23.3. The van der Waals surface area contributed by atoms with Crippen molar-refractivity contribution in [1.29, 1.82) is 0 Å². The molecule has 1 fully saturated rings. The monoisotopic (exact) mass is 935 g/mol. The third-order valence-corrected chi connectivity index (χ3v) is 13.2. The van der Waals surface area contributed by atoms with Crippen molar-refractivity contribution in [2.24, 2.45) is 22.9 Å². The summed E-state index contributed by atoms with van der Waals surface area (Å²) in [6, 6.07) is 22.7. The molecule has 2 N–H and O–H groups in total. The quantitative estimate of drug-likeness (QED) is 0.0330. The second-order valence-electron chi connectivity index (χ2n) is 17.4. The van der Waals surface area contributed by atoms with Crippen LogP contribution in [0, 0.1) is 33.7 Å². The van der Waals surface area contributed by atoms with Crippen LogP contribution in [0.15, 0.2) is 114 Å². The number of carbonyl (C=O) groups is 1. The highest BCUT2D eigenvalue weighted by Crippen LogP contribution is 2.62. The van der Waals surface area contributed by atoms with Gasteiger partial charge >= 0.3 is 6.09 Å². The molecule has 0 saturated heterocycles. The van der Waals surface area contributed by atoms with Gasteiger partial charge in [-0.05, 0) is 110 Å². The number of aliphatic hydroxyl groups excluding tert-OH is 2. The summed E-state index contributed by atoms with van der Waals surface area (Å²) in [7, 11) is 0. The number of allylic oxidation sites excluding steroid dienone is 1. The fraction of sp³-hybridized carbons (Fsp3) is 0.423. The number of nitro benzene ring substituents is 1. The van der Waals surface area contributed by atoms with Gasteiger partial charge in [-0.2, -0.15) is 0 Å². The van der Waals surface area contributed by atoms with Gasteiger partial charge in [0.15, 0.2) is 11.5 Å². The zero-order chi connectivity index (χ0) is 47.6. The van der Waals surface area contributed by atoms with Gasteiger partial charge in [0.2, 0.25) is 12.6 Å². The standard InChI is InChI=1S/C52H58FN3O12/c1-3-25-66-52-48(55(51(59)62-4-2)30-35-17-21-46-47(26-35)65-33-64-46)29-44(54-67-31-34-15-18-38(19-16-34)56(60)61)41-27-36(11-7-9-23-57)40(13-8-10-24-58)49(50(41)52)42-28-39(20-22-45(42)68-52)63-32-37-12-5-6-14-43(37)53/h3,5-6,12,14-22,26-28,36,40,48-50,57-58H,1,4,7-11,13,23-25,29-33H2,2H3/t36-,40+,48-,49+,50+,52+/m0/s1. The summed E-state index contributed by atoms with van der Waals surface area (Å²) in [5, 5.41) is 36.3. The van der Waals surface area contributed by atoms with E-state index in [-0.39, 0.29) is 88.7 Å². The number of oxime groups is 1. The summed E-state index contributed by atoms with van der Waals surface area (Å²) in [4.78, 5) is 33.4. The highest BCUT2D eigenvalue weighted by atomic mass is 19.1. The Morgan fingerprint density at radius 3 is 2.46 bits per heavy atom. The predicted octanol–water partition coefficient (Wildman–Crippen LogP) is 9.53. The highest BCUT2D eigenvalue weighted by molar-refractivity contribution is 6.03. The molecule has 8 rings (SSSR count). The van der Waals surface area contributed by atoms with E-state index in [1.54, 1.807) is 60.4 Å². The Morgan fingerprint density at radius 1 is 0.956 bits per heavy atom. The molecule has 2 aliphatic heterocycles. The number of nitro groups is 1. The number of nitrogens with zero attached hydrogens (tertiary/aromatic N) is 3. The predicted molar refractivity (Wildman–Crippen MR) is 249 cm³/mol. The van der Waals surface area contributed by atoms with E-state index in [0.717, 1.165) is 29.5 Å². The molecule has 2 aliphatic carbocycles. The molecule has 1 saturated carbocycles. The van der Waals surface area contributed by atoms with Gasteiger partial charge in [-0.1, -0.05) is 54.4 Å². The number of hydrogen-bond donors (Lipinski definition) is 2. The second-order valence-corrected chi connectivity index (χ2v) is 17.4. The van der Waals surface area contributed by atoms with Crippen LogP contribution in [0.5, 0.6) is 23.0 Å². The normalized spacial score (nSPS) is 22.6. The van der Waals surface area contributed by atoms with Crippen molar-refractivity contribution in [1.82, 2.24) is 4.90 Å². The summed E-state index contributed by atoms with van der Waals surface area (Å²) in [5.74, 6) is -0.940. The van der Waals surface area contributed by atoms with Crippen molar-refractivity contribution in [2.45, 2.75) is 89.4 Å². The number of halogens is 1. The maximum atomic E-state index is 14.8. The number of fused-ring (bicyclic) bond motifs is 3. The molecule has 0 spiro atoms. The maximum absolute atomic E-state index is 14.8. The van der Waals surface area contributed by atoms with E-state index in [0.29, 0.717) is 65.5 Å². The summed E-state index contributed by atoms with van der Waals surface area (Å²) in [6.07, 6.45) is 7.43. The first kappa shape index (κ1) is 48.0. The smallest absolute Gasteiger partial charge is 0.410 e. The molecule has 16 heteroatoms. The van der Waals surface area contributed by atoms with E-state index in [1.165, 1.54) is 18.2 Å². The Morgan fingerprint density at radius 2 is 1.71 bits per heavy atom. The fourth-order valence-electron chi connectivity index (χ4n) is 10.2. The molecule has 4 aromatic carbocycles. The van der Waals surface area contributed by atoms with Gasteiger partial charge in [-0.15, -0.1) is 6.58 Å². The SMILES string of the molecule is C=CCO[C@@]12Oc3ccc(OCc4ccccc4F)cc3[C@H]3[C@H](CCCCO)[C@@H](CCCCO)C=C(C(=NOCc4ccc([N+](=O)[O-])cc4)C[C@@H]1N(Cc1ccc4c(c1)OCO4)C(=O)OCC)[C@H]32. The molecule has 0 bridgehead atoms. The van der Waals surface area contributed by atoms with E-state index in [9.17, 15) is 29.5 Å². The summed E-state index contributed by atoms with van der Waals surface area (Å²) < 4.78 is 52.8. The first-order valence-corrected chi connectivity index (χ1v) is 23.3. The number of carbonyl (C=O) groups excluding carboxylic acids is 1. The lowest BCUT2D eigenvalue weighted by Gasteiger charge is -2.59. The van der Waals surface area contributed by atoms with Crippen LogP contribution >= 0.6 is 0 Å². The molecular weight excluding hydrogens is 878 g/mol. The third kappa shape index (κ3) is 10.3. The summed E-state index contributed by atoms with van der Waals surface area (Å²) in [6.45, 7) is 6.06. The number of non-ortho nitro benzene ring substituents is 1. The van der Waals surface area contributed by atoms with Crippen LogP contribution in [-0.2, 0) is 34.1 Å². The zero-order valence-corrected chi connectivity index (χ0v) is 38.1. The van der Waals surface area contributed by atoms with E-state index in [2.05, 4.69) is 12.7 Å². The lowest BCUT2D eigenvalue weighted by molar-refractivity contribution is -0.384. The molecular formula is C52H58FN3O12. The van der Waals surface area contributed by atoms with E-state index < -0.39 is 28.8 Å². The first-order chi connectivity index (χ1) is 33.2. The molecule has 2 heterocycles. The van der Waals surface area contributed by atoms with Crippen LogP contribution < -0.4 is 18.9 Å². The molecule has 4 aromatic rings. The minimum Gasteiger partial charge on any atom is -0.489 e. The Hall–Kier alpha value is -6.49. The van der Waals surface area contributed by atoms with Crippen molar-refractivity contribution in [3.05, 3.63) is 147 Å². The summed E-state index contributed by atoms with van der Waals surface area (Å²) in [5.41, 5.74) is 3.92. The molecule has 0 unspecified atom stereocenters. The topological polar surface area (TPSA) is 181 Å². The van der Waals surface area contributed by atoms with Crippen LogP contribution in [0.4, 0.5) is 14.9 Å². The second kappa shape index (κ2) is 22.1. The van der Waals surface area contributed by atoms with Crippen LogP contribution in [-0.4, -0.2) is 76.9 Å². The average molecular weight is 936 g/mol. The van der Waals surface area contributed by atoms with Crippen molar-refractivity contribution in [2.75, 3.05) is 33.2 Å². The van der Waals surface area contributed by atoms with Gasteiger partial charge in [0.05, 0.1) is 29.8 Å². The zero-order valence-electron chi connectivity index (χ0n) is 38.1. The molecule has 15 nitrogen and oxygen atoms in total. The van der Waals surface area contributed by atoms with Crippen LogP contribution in [0.1, 0.15) is 80.0 Å². The Bertz CT molecular complexity index is 2480. The molecule has 0 aromatic heterocycles. The van der Waals surface area contributed by atoms with Crippen LogP contribution in [0.2, 0.25) is 0 Å². The maximum Gasteiger partial charge on any atom is 0.410 e. The lowest BCUT2D eigenvalue weighted by Crippen LogP contribution is -2.70. The number of hydrogen-bond acceptors (Lipinski definition) is 13. The highest BCUT2D eigenvalue weighted by Gasteiger charge is 2.65. The number of unbranched alkanes of at least 4 members (excludes halogenated alkanes) is 2. The van der Waals surface area contributed by atoms with Gasteiger partial charge in [-0.25, -0.2) is 9.18 Å². The number of ether oxygens (including phenoxy) is 6. The van der Waals surface area contributed by atoms with Crippen LogP contribution in [0.3, 0.4) is 0 Å². The van der Waals surface area contributed by atoms with Gasteiger partial charge in [0.25, 0.3) is 5.69 Å². The largest absolute Gasteiger partial charge is 0.489 e. The van der Waals surface area contributed by atoms with Crippen molar-refractivity contribution >= 4 is 17.5 Å². The van der Waals surface area contributed by atoms with E-state index >= 15 is 0 Å². The van der Waals surface area contributed by atoms with Crippen molar-refractivity contribution < 1.29 is 57.6 Å².